The summed E-state index contributed by atoms with van der Waals surface area (Å²) in [5.41, 5.74) is 0.849. The summed E-state index contributed by atoms with van der Waals surface area (Å²) in [6, 6.07) is 1.94. The molecule has 0 bridgehead atoms. The van der Waals surface area contributed by atoms with E-state index in [1.54, 1.807) is 4.31 Å². The monoisotopic (exact) mass is 368 g/mol. The van der Waals surface area contributed by atoms with Gasteiger partial charge in [0.25, 0.3) is 10.0 Å². The van der Waals surface area contributed by atoms with Gasteiger partial charge in [0.05, 0.1) is 0 Å². The molecule has 0 N–H and O–H groups in total. The number of sulfonamides is 1. The zero-order valence-corrected chi connectivity index (χ0v) is 16.2. The molecule has 1 aliphatic heterocycles. The molecule has 3 heterocycles. The van der Waals surface area contributed by atoms with Gasteiger partial charge >= 0.3 is 0 Å². The van der Waals surface area contributed by atoms with Crippen molar-refractivity contribution in [1.82, 2.24) is 19.1 Å². The van der Waals surface area contributed by atoms with Crippen LogP contribution in [0.15, 0.2) is 10.3 Å². The van der Waals surface area contributed by atoms with E-state index in [0.29, 0.717) is 17.3 Å². The van der Waals surface area contributed by atoms with Crippen LogP contribution in [0.25, 0.3) is 0 Å². The minimum Gasteiger partial charge on any atom is -0.250 e. The molecule has 0 radical (unpaired) electrons. The summed E-state index contributed by atoms with van der Waals surface area (Å²) < 4.78 is 30.0. The second-order valence-corrected chi connectivity index (χ2v) is 9.98. The first kappa shape index (κ1) is 17.6. The summed E-state index contributed by atoms with van der Waals surface area (Å²) in [4.78, 5) is 5.36. The number of hydrogen-bond acceptors (Lipinski definition) is 5. The lowest BCUT2D eigenvalue weighted by Crippen LogP contribution is -2.41. The van der Waals surface area contributed by atoms with Crippen molar-refractivity contribution < 1.29 is 8.42 Å². The maximum absolute atomic E-state index is 13.0. The molecule has 8 heteroatoms. The lowest BCUT2D eigenvalue weighted by molar-refractivity contribution is 0.238. The molecular weight excluding hydrogens is 344 g/mol. The maximum atomic E-state index is 13.0. The van der Waals surface area contributed by atoms with E-state index in [-0.39, 0.29) is 5.92 Å². The predicted molar refractivity (Wildman–Crippen MR) is 94.8 cm³/mol. The first-order valence-electron chi connectivity index (χ1n) is 8.22. The molecule has 0 spiro atoms. The summed E-state index contributed by atoms with van der Waals surface area (Å²) in [5, 5.41) is 4.41. The standard InChI is InChI=1S/C16H24N4O2S2/c1-11-8-12(2)23-16(11)24(21,22)19-7-5-6-15(9-19)10-20-14(4)17-13(3)18-20/h8,15H,5-7,9-10H2,1-4H3. The third-order valence-electron chi connectivity index (χ3n) is 4.45. The fourth-order valence-corrected chi connectivity index (χ4v) is 6.72. The number of rotatable bonds is 4. The minimum absolute atomic E-state index is 0.273. The average molecular weight is 369 g/mol. The van der Waals surface area contributed by atoms with Crippen molar-refractivity contribution in [2.45, 2.75) is 51.3 Å². The molecule has 132 valence electrons. The van der Waals surface area contributed by atoms with Crippen molar-refractivity contribution in [2.75, 3.05) is 13.1 Å². The molecular formula is C16H24N4O2S2. The van der Waals surface area contributed by atoms with Crippen LogP contribution in [-0.4, -0.2) is 40.6 Å². The SMILES string of the molecule is Cc1nc(C)n(CC2CCCN(S(=O)(=O)c3sc(C)cc3C)C2)n1. The summed E-state index contributed by atoms with van der Waals surface area (Å²) in [5.74, 6) is 1.92. The van der Waals surface area contributed by atoms with E-state index >= 15 is 0 Å². The second-order valence-electron chi connectivity index (χ2n) is 6.59. The van der Waals surface area contributed by atoms with Gasteiger partial charge < -0.3 is 0 Å². The average Bonchev–Trinajstić information content (AvgIpc) is 3.01. The Morgan fingerprint density at radius 2 is 2.04 bits per heavy atom. The van der Waals surface area contributed by atoms with Crippen molar-refractivity contribution >= 4 is 21.4 Å². The molecule has 2 aromatic heterocycles. The molecule has 2 aromatic rings. The van der Waals surface area contributed by atoms with Gasteiger partial charge in [0.2, 0.25) is 0 Å². The largest absolute Gasteiger partial charge is 0.252 e. The molecule has 0 saturated carbocycles. The molecule has 3 rings (SSSR count). The van der Waals surface area contributed by atoms with E-state index in [1.165, 1.54) is 11.3 Å². The van der Waals surface area contributed by atoms with Crippen LogP contribution >= 0.6 is 11.3 Å². The van der Waals surface area contributed by atoms with Gasteiger partial charge in [0, 0.05) is 24.5 Å². The van der Waals surface area contributed by atoms with Crippen LogP contribution in [0.2, 0.25) is 0 Å². The highest BCUT2D eigenvalue weighted by atomic mass is 32.2. The van der Waals surface area contributed by atoms with Gasteiger partial charge in [-0.25, -0.2) is 18.1 Å². The topological polar surface area (TPSA) is 68.1 Å². The molecule has 0 aromatic carbocycles. The minimum atomic E-state index is -3.40. The van der Waals surface area contributed by atoms with Crippen LogP contribution < -0.4 is 0 Å². The highest BCUT2D eigenvalue weighted by Crippen LogP contribution is 2.31. The Morgan fingerprint density at radius 1 is 1.29 bits per heavy atom. The van der Waals surface area contributed by atoms with Gasteiger partial charge in [-0.2, -0.15) is 9.40 Å². The Morgan fingerprint density at radius 3 is 2.62 bits per heavy atom. The summed E-state index contributed by atoms with van der Waals surface area (Å²) in [6.45, 7) is 9.52. The number of aromatic nitrogens is 3. The lowest BCUT2D eigenvalue weighted by atomic mass is 10.00. The molecule has 1 atom stereocenters. The number of hydrogen-bond donors (Lipinski definition) is 0. The Hall–Kier alpha value is -1.25. The van der Waals surface area contributed by atoms with Crippen LogP contribution in [0, 0.1) is 33.6 Å². The van der Waals surface area contributed by atoms with Crippen LogP contribution in [0.5, 0.6) is 0 Å². The summed E-state index contributed by atoms with van der Waals surface area (Å²) in [6.07, 6.45) is 1.91. The molecule has 1 aliphatic rings. The number of piperidine rings is 1. The normalized spacial score (nSPS) is 19.8. The van der Waals surface area contributed by atoms with Gasteiger partial charge in [0.1, 0.15) is 15.9 Å². The van der Waals surface area contributed by atoms with E-state index in [0.717, 1.165) is 41.5 Å². The molecule has 0 amide bonds. The maximum Gasteiger partial charge on any atom is 0.252 e. The lowest BCUT2D eigenvalue weighted by Gasteiger charge is -2.31. The van der Waals surface area contributed by atoms with Crippen LogP contribution in [0.1, 0.15) is 34.9 Å². The molecule has 1 saturated heterocycles. The van der Waals surface area contributed by atoms with Gasteiger partial charge in [-0.15, -0.1) is 11.3 Å². The quantitative estimate of drug-likeness (QED) is 0.832. The van der Waals surface area contributed by atoms with Gasteiger partial charge in [0.15, 0.2) is 0 Å². The molecule has 24 heavy (non-hydrogen) atoms. The molecule has 0 aliphatic carbocycles. The summed E-state index contributed by atoms with van der Waals surface area (Å²) in [7, 11) is -3.40. The third-order valence-corrected chi connectivity index (χ3v) is 8.08. The fourth-order valence-electron chi connectivity index (χ4n) is 3.37. The van der Waals surface area contributed by atoms with E-state index in [1.807, 2.05) is 38.4 Å². The van der Waals surface area contributed by atoms with Crippen LogP contribution in [-0.2, 0) is 16.6 Å². The van der Waals surface area contributed by atoms with Gasteiger partial charge in [-0.3, -0.25) is 0 Å². The Kier molecular flexibility index (Phi) is 4.81. The van der Waals surface area contributed by atoms with E-state index in [9.17, 15) is 8.42 Å². The number of aryl methyl sites for hydroxylation is 4. The highest BCUT2D eigenvalue weighted by molar-refractivity contribution is 7.91. The Balaban J connectivity index is 1.78. The molecule has 6 nitrogen and oxygen atoms in total. The molecule has 1 fully saturated rings. The van der Waals surface area contributed by atoms with Crippen molar-refractivity contribution in [1.29, 1.82) is 0 Å². The van der Waals surface area contributed by atoms with E-state index < -0.39 is 10.0 Å². The Labute approximate surface area is 147 Å². The van der Waals surface area contributed by atoms with Gasteiger partial charge in [-0.05, 0) is 58.1 Å². The number of nitrogens with zero attached hydrogens (tertiary/aromatic N) is 4. The smallest absolute Gasteiger partial charge is 0.250 e. The highest BCUT2D eigenvalue weighted by Gasteiger charge is 2.32. The van der Waals surface area contributed by atoms with Crippen molar-refractivity contribution in [2.24, 2.45) is 5.92 Å². The zero-order valence-electron chi connectivity index (χ0n) is 14.6. The van der Waals surface area contributed by atoms with E-state index in [2.05, 4.69) is 10.1 Å². The predicted octanol–water partition coefficient (Wildman–Crippen LogP) is 2.67. The zero-order chi connectivity index (χ0) is 17.5. The second kappa shape index (κ2) is 6.57. The van der Waals surface area contributed by atoms with E-state index in [4.69, 9.17) is 0 Å². The first-order valence-corrected chi connectivity index (χ1v) is 10.5. The first-order chi connectivity index (χ1) is 11.3. The van der Waals surface area contributed by atoms with Crippen molar-refractivity contribution in [3.63, 3.8) is 0 Å². The van der Waals surface area contributed by atoms with Crippen molar-refractivity contribution in [3.05, 3.63) is 28.2 Å². The fraction of sp³-hybridized carbons (Fsp3) is 0.625. The number of thiophene rings is 1. The third kappa shape index (κ3) is 3.41. The summed E-state index contributed by atoms with van der Waals surface area (Å²) >= 11 is 1.37. The van der Waals surface area contributed by atoms with Crippen LogP contribution in [0.4, 0.5) is 0 Å². The van der Waals surface area contributed by atoms with Crippen LogP contribution in [0.3, 0.4) is 0 Å². The van der Waals surface area contributed by atoms with Crippen molar-refractivity contribution in [3.8, 4) is 0 Å². The Bertz CT molecular complexity index is 838. The van der Waals surface area contributed by atoms with Gasteiger partial charge in [-0.1, -0.05) is 0 Å². The molecule has 1 unspecified atom stereocenters.